The number of rotatable bonds is 3. The fourth-order valence-corrected chi connectivity index (χ4v) is 0.315. The molecular weight excluding hydrogens is 274 g/mol. The van der Waals surface area contributed by atoms with E-state index >= 15 is 0 Å². The first-order valence-electron chi connectivity index (χ1n) is 2.37. The van der Waals surface area contributed by atoms with Gasteiger partial charge in [-0.25, -0.2) is 0 Å². The van der Waals surface area contributed by atoms with Crippen LogP contribution in [0, 0.1) is 6.08 Å². The molecule has 0 aliphatic heterocycles. The van der Waals surface area contributed by atoms with Crippen molar-refractivity contribution in [1.29, 1.82) is 0 Å². The zero-order valence-corrected chi connectivity index (χ0v) is 7.62. The van der Waals surface area contributed by atoms with Crippen LogP contribution in [-0.2, 0) is 25.2 Å². The van der Waals surface area contributed by atoms with Crippen LogP contribution in [0.1, 0.15) is 19.8 Å². The Morgan fingerprint density at radius 3 is 2.38 bits per heavy atom. The summed E-state index contributed by atoms with van der Waals surface area (Å²) < 4.78 is 0. The number of hydrogen-bond donors (Lipinski definition) is 0. The summed E-state index contributed by atoms with van der Waals surface area (Å²) in [6.07, 6.45) is 3.75. The van der Waals surface area contributed by atoms with Crippen LogP contribution in [-0.4, -0.2) is 5.78 Å². The molecule has 0 aromatic rings. The monoisotopic (exact) mass is 284 g/mol. The van der Waals surface area contributed by atoms with E-state index in [9.17, 15) is 4.79 Å². The van der Waals surface area contributed by atoms with Gasteiger partial charge in [-0.3, -0.25) is 6.58 Å². The van der Waals surface area contributed by atoms with Crippen LogP contribution in [0.25, 0.3) is 0 Å². The first kappa shape index (κ1) is 10.9. The van der Waals surface area contributed by atoms with Crippen molar-refractivity contribution in [3.05, 3.63) is 12.7 Å². The largest absolute Gasteiger partial charge is 0.435 e. The maximum Gasteiger partial charge on any atom is 0 e. The molecule has 0 amide bonds. The minimum Gasteiger partial charge on any atom is -0.435 e. The zero-order valence-electron chi connectivity index (χ0n) is 4.91. The molecule has 0 unspecified atom stereocenters. The van der Waals surface area contributed by atoms with Crippen molar-refractivity contribution in [2.75, 3.05) is 0 Å². The molecule has 0 bridgehead atoms. The van der Waals surface area contributed by atoms with Gasteiger partial charge < -0.3 is 10.9 Å². The summed E-state index contributed by atoms with van der Waals surface area (Å²) in [7, 11) is 0. The molecule has 0 saturated carbocycles. The minimum absolute atomic E-state index is 0. The Hall–Kier alpha value is 0.0723. The normalized spacial score (nSPS) is 7.12. The molecule has 47 valence electrons. The zero-order chi connectivity index (χ0) is 5.70. The van der Waals surface area contributed by atoms with E-state index in [1.807, 2.05) is 6.92 Å². The summed E-state index contributed by atoms with van der Waals surface area (Å²) in [5, 5.41) is 0. The van der Waals surface area contributed by atoms with Crippen molar-refractivity contribution < 1.29 is 25.2 Å². The molecule has 0 N–H and O–H groups in total. The molecule has 0 saturated heterocycles. The SMILES string of the molecule is C=[C-]C(=O)CCC.[Re]. The maximum absolute atomic E-state index is 10.2. The predicted molar refractivity (Wildman–Crippen MR) is 28.8 cm³/mol. The van der Waals surface area contributed by atoms with E-state index in [2.05, 4.69) is 12.7 Å². The summed E-state index contributed by atoms with van der Waals surface area (Å²) in [4.78, 5) is 10.2. The smallest absolute Gasteiger partial charge is 0 e. The number of hydrogen-bond acceptors (Lipinski definition) is 1. The minimum atomic E-state index is 0. The first-order valence-corrected chi connectivity index (χ1v) is 2.37. The average Bonchev–Trinajstić information content (AvgIpc) is 1.68. The number of Topliss-reactive ketones (excluding diaryl/α,β-unsaturated/α-hetero) is 1. The van der Waals surface area contributed by atoms with Crippen LogP contribution < -0.4 is 0 Å². The van der Waals surface area contributed by atoms with Crippen LogP contribution in [0.15, 0.2) is 6.58 Å². The fourth-order valence-electron chi connectivity index (χ4n) is 0.315. The molecule has 0 aromatic carbocycles. The van der Waals surface area contributed by atoms with Gasteiger partial charge in [0.25, 0.3) is 0 Å². The summed E-state index contributed by atoms with van der Waals surface area (Å²) in [5.74, 6) is 0.0162. The summed E-state index contributed by atoms with van der Waals surface area (Å²) >= 11 is 0. The molecule has 0 aliphatic rings. The van der Waals surface area contributed by atoms with E-state index in [4.69, 9.17) is 0 Å². The second kappa shape index (κ2) is 7.07. The first-order chi connectivity index (χ1) is 3.31. The molecule has 1 nitrogen and oxygen atoms in total. The Morgan fingerprint density at radius 2 is 2.25 bits per heavy atom. The number of carbonyl (C=O) groups excluding carboxylic acids is 1. The fraction of sp³-hybridized carbons (Fsp3) is 0.500. The van der Waals surface area contributed by atoms with E-state index in [1.165, 1.54) is 0 Å². The average molecular weight is 283 g/mol. The van der Waals surface area contributed by atoms with Gasteiger partial charge >= 0.3 is 0 Å². The Kier molecular flexibility index (Phi) is 9.68. The van der Waals surface area contributed by atoms with Crippen LogP contribution >= 0.6 is 0 Å². The molecular formula is C6H9ORe-. The van der Waals surface area contributed by atoms with Gasteiger partial charge in [-0.05, 0) is 12.2 Å². The molecule has 0 aromatic heterocycles. The van der Waals surface area contributed by atoms with E-state index < -0.39 is 0 Å². The van der Waals surface area contributed by atoms with E-state index in [0.29, 0.717) is 6.42 Å². The van der Waals surface area contributed by atoms with Crippen molar-refractivity contribution in [3.63, 3.8) is 0 Å². The number of allylic oxidation sites excluding steroid dienone is 1. The Morgan fingerprint density at radius 1 is 1.75 bits per heavy atom. The Labute approximate surface area is 63.8 Å². The van der Waals surface area contributed by atoms with Gasteiger partial charge in [0.05, 0.1) is 0 Å². The van der Waals surface area contributed by atoms with Crippen molar-refractivity contribution in [3.8, 4) is 0 Å². The molecule has 2 heteroatoms. The van der Waals surface area contributed by atoms with Crippen LogP contribution in [0.2, 0.25) is 0 Å². The Bertz CT molecular complexity index is 78.6. The maximum atomic E-state index is 10.2. The third-order valence-electron chi connectivity index (χ3n) is 0.674. The van der Waals surface area contributed by atoms with E-state index in [-0.39, 0.29) is 26.2 Å². The number of carbonyl (C=O) groups is 1. The topological polar surface area (TPSA) is 17.1 Å². The molecule has 1 radical (unpaired) electrons. The second-order valence-electron chi connectivity index (χ2n) is 1.35. The van der Waals surface area contributed by atoms with Gasteiger partial charge in [0.1, 0.15) is 0 Å². The van der Waals surface area contributed by atoms with Crippen molar-refractivity contribution in [2.45, 2.75) is 19.8 Å². The summed E-state index contributed by atoms with van der Waals surface area (Å²) in [6, 6.07) is 0. The molecule has 0 atom stereocenters. The van der Waals surface area contributed by atoms with Gasteiger partial charge in [0, 0.05) is 20.4 Å². The van der Waals surface area contributed by atoms with E-state index in [1.54, 1.807) is 0 Å². The Balaban J connectivity index is 0. The van der Waals surface area contributed by atoms with Gasteiger partial charge in [-0.2, -0.15) is 0 Å². The van der Waals surface area contributed by atoms with E-state index in [0.717, 1.165) is 6.42 Å². The van der Waals surface area contributed by atoms with Crippen molar-refractivity contribution in [1.82, 2.24) is 0 Å². The van der Waals surface area contributed by atoms with Gasteiger partial charge in [-0.15, -0.1) is 0 Å². The van der Waals surface area contributed by atoms with Crippen LogP contribution in [0.5, 0.6) is 0 Å². The van der Waals surface area contributed by atoms with Crippen molar-refractivity contribution >= 4 is 5.78 Å². The van der Waals surface area contributed by atoms with Crippen LogP contribution in [0.3, 0.4) is 0 Å². The molecule has 0 fully saturated rings. The third kappa shape index (κ3) is 6.07. The molecule has 8 heavy (non-hydrogen) atoms. The number of ketones is 1. The predicted octanol–water partition coefficient (Wildman–Crippen LogP) is 1.34. The molecule has 0 spiro atoms. The van der Waals surface area contributed by atoms with Crippen LogP contribution in [0.4, 0.5) is 0 Å². The molecule has 0 aliphatic carbocycles. The quantitative estimate of drug-likeness (QED) is 0.564. The van der Waals surface area contributed by atoms with Gasteiger partial charge in [0.15, 0.2) is 0 Å². The van der Waals surface area contributed by atoms with Gasteiger partial charge in [-0.1, -0.05) is 13.3 Å². The molecule has 0 rings (SSSR count). The third-order valence-corrected chi connectivity index (χ3v) is 0.674. The molecule has 0 heterocycles. The van der Waals surface area contributed by atoms with Gasteiger partial charge in [0.2, 0.25) is 0 Å². The van der Waals surface area contributed by atoms with Crippen molar-refractivity contribution in [2.24, 2.45) is 0 Å². The second-order valence-corrected chi connectivity index (χ2v) is 1.35. The summed E-state index contributed by atoms with van der Waals surface area (Å²) in [6.45, 7) is 5.16. The standard InChI is InChI=1S/C6H9O.Re/c1-3-5-6(7)4-2;/h2-3,5H2,1H3;/q-1;. The summed E-state index contributed by atoms with van der Waals surface area (Å²) in [5.41, 5.74) is 0.